The zero-order valence-corrected chi connectivity index (χ0v) is 71.7. The smallest absolute Gasteiger partial charge is 0.217 e. The summed E-state index contributed by atoms with van der Waals surface area (Å²) in [4.78, 5) is 89.2. The molecule has 0 aliphatic carbocycles. The highest BCUT2D eigenvalue weighted by molar-refractivity contribution is 5.75. The van der Waals surface area contributed by atoms with Gasteiger partial charge in [-0.05, 0) is 0 Å². The number of aliphatic hydroxyl groups is 25. The molecule has 0 aromatic rings. The van der Waals surface area contributed by atoms with Crippen LogP contribution in [0.15, 0.2) is 0 Å². The van der Waals surface area contributed by atoms with Crippen molar-refractivity contribution in [3.8, 4) is 0 Å². The minimum atomic E-state index is -2.66. The Morgan fingerprint density at radius 1 is 0.197 bits per heavy atom. The molecule has 58 heteroatoms. The number of hydrogen-bond donors (Lipinski definition) is 32. The van der Waals surface area contributed by atoms with E-state index in [0.717, 1.165) is 48.5 Å². The summed E-state index contributed by atoms with van der Waals surface area (Å²) in [6.07, 6.45) is -90.8. The van der Waals surface area contributed by atoms with Crippen molar-refractivity contribution >= 4 is 41.4 Å². The lowest BCUT2D eigenvalue weighted by atomic mass is 9.93. The quantitative estimate of drug-likeness (QED) is 0.0280. The lowest BCUT2D eigenvalue weighted by molar-refractivity contribution is -0.398. The van der Waals surface area contributed by atoms with Crippen LogP contribution in [0.3, 0.4) is 0 Å². The molecule has 10 aliphatic rings. The second-order valence-corrected chi connectivity index (χ2v) is 33.2. The van der Waals surface area contributed by atoms with Crippen LogP contribution in [0.2, 0.25) is 0 Å². The summed E-state index contributed by atoms with van der Waals surface area (Å²) in [6.45, 7) is -4.44. The number of amides is 7. The molecule has 10 rings (SSSR count). The van der Waals surface area contributed by atoms with Crippen LogP contribution < -0.4 is 37.2 Å². The van der Waals surface area contributed by atoms with Gasteiger partial charge in [-0.1, -0.05) is 0 Å². The van der Waals surface area contributed by atoms with Gasteiger partial charge in [0.05, 0.1) is 66.1 Å². The summed E-state index contributed by atoms with van der Waals surface area (Å²) in [7, 11) is 0. The van der Waals surface area contributed by atoms with Gasteiger partial charge in [-0.2, -0.15) is 0 Å². The molecule has 0 aromatic carbocycles. The molecule has 50 atom stereocenters. The zero-order valence-electron chi connectivity index (χ0n) is 71.7. The van der Waals surface area contributed by atoms with Crippen LogP contribution in [0.4, 0.5) is 0 Å². The fourth-order valence-corrected chi connectivity index (χ4v) is 17.1. The van der Waals surface area contributed by atoms with Gasteiger partial charge in [0.2, 0.25) is 41.4 Å². The van der Waals surface area contributed by atoms with Crippen LogP contribution in [-0.2, 0) is 124 Å². The predicted molar refractivity (Wildman–Crippen MR) is 411 cm³/mol. The first kappa shape index (κ1) is 109. The molecule has 0 spiro atoms. The highest BCUT2D eigenvalue weighted by Crippen LogP contribution is 2.41. The van der Waals surface area contributed by atoms with Gasteiger partial charge in [-0.3, -0.25) is 33.6 Å². The normalized spacial score (nSPS) is 46.7. The molecule has 58 nitrogen and oxygen atoms in total. The standard InChI is InChI=1S/C74H123N7O51/c1-18(90)75-35-51(106)58(29(12-86)116-65(35)113)126-70-40(80-23(6)95)54(109)61(32(15-89)122-70)129-72-57(112)62(130-74-64(55(110)45(100)28(11-85)120-74)132-71-41(81-24(7)96)53(108)60(31(14-88)123-71)128-68-37(77-20(3)92)49(104)43(98)26(9-83)118-68)47(102)34(124-72)17-115-73-63(131-69-38(78-21(4)93)50(105)44(99)27(10-84)119-69)56(111)46(101)33(125-73)16-114-66-39(79-22(5)94)52(107)59(30(13-87)121-66)127-67-36(76-19(2)91)48(103)42(97)25(8-82)117-67/h25-74,82-89,97-113H,8-17H2,1-7H3,(H,75,90)(H,76,91)(H,77,92)(H,78,93)(H,79,94)(H,80,95)(H,81,96)/t25-,26-,27-,28-,29-,30-,31-,32-,33-,34-,35-,36-,37-,38-,39-,40-,41-,42+,43+,44-,45-,46-,47-,48-,49-,50-,51-,52-,53-,54-,55+,56+,57+,58-,59-,60-,61-,62+,63+,64+,65-,66-,67+,68+,69+,70+,71+,72+,73+,74-/m1/s1. The zero-order chi connectivity index (χ0) is 97.4. The maximum atomic E-state index is 13.2. The van der Waals surface area contributed by atoms with Crippen molar-refractivity contribution < 1.29 is 251 Å². The average Bonchev–Trinajstić information content (AvgIpc) is 0.769. The van der Waals surface area contributed by atoms with Crippen molar-refractivity contribution in [3.05, 3.63) is 0 Å². The monoisotopic (exact) mass is 1930 g/mol. The number of nitrogens with one attached hydrogen (secondary N) is 7. The molecule has 0 bridgehead atoms. The van der Waals surface area contributed by atoms with E-state index < -0.39 is 414 Å². The second-order valence-electron chi connectivity index (χ2n) is 33.2. The Hall–Kier alpha value is -5.47. The van der Waals surface area contributed by atoms with Gasteiger partial charge in [-0.25, -0.2) is 0 Å². The minimum Gasteiger partial charge on any atom is -0.394 e. The van der Waals surface area contributed by atoms with Crippen LogP contribution >= 0.6 is 0 Å². The number of rotatable bonds is 35. The van der Waals surface area contributed by atoms with Gasteiger partial charge in [0.1, 0.15) is 244 Å². The first-order chi connectivity index (χ1) is 62.4. The first-order valence-corrected chi connectivity index (χ1v) is 42.1. The fraction of sp³-hybridized carbons (Fsp3) is 0.905. The molecule has 10 fully saturated rings. The van der Waals surface area contributed by atoms with E-state index in [9.17, 15) is 161 Å². The molecule has 0 unspecified atom stereocenters. The molecule has 0 aromatic heterocycles. The Morgan fingerprint density at radius 3 is 0.742 bits per heavy atom. The first-order valence-electron chi connectivity index (χ1n) is 42.1. The Kier molecular flexibility index (Phi) is 39.4. The van der Waals surface area contributed by atoms with Gasteiger partial charge in [0.25, 0.3) is 0 Å². The van der Waals surface area contributed by atoms with Crippen LogP contribution in [0.5, 0.6) is 0 Å². The van der Waals surface area contributed by atoms with Crippen LogP contribution in [0.1, 0.15) is 48.5 Å². The molecule has 760 valence electrons. The molecule has 7 amide bonds. The number of hydrogen-bond acceptors (Lipinski definition) is 51. The molecule has 132 heavy (non-hydrogen) atoms. The fourth-order valence-electron chi connectivity index (χ4n) is 17.1. The Morgan fingerprint density at radius 2 is 0.409 bits per heavy atom. The Bertz CT molecular complexity index is 3710. The van der Waals surface area contributed by atoms with E-state index >= 15 is 0 Å². The minimum absolute atomic E-state index is 0.803. The summed E-state index contributed by atoms with van der Waals surface area (Å²) < 4.78 is 115. The number of carbonyl (C=O) groups excluding carboxylic acids is 7. The molecule has 0 radical (unpaired) electrons. The van der Waals surface area contributed by atoms with Gasteiger partial charge in [0, 0.05) is 48.5 Å². The van der Waals surface area contributed by atoms with Crippen molar-refractivity contribution in [2.75, 3.05) is 66.1 Å². The lowest BCUT2D eigenvalue weighted by Crippen LogP contribution is -2.71. The van der Waals surface area contributed by atoms with Crippen LogP contribution in [0.25, 0.3) is 0 Å². The summed E-state index contributed by atoms with van der Waals surface area (Å²) in [5.41, 5.74) is 0. The highest BCUT2D eigenvalue weighted by Gasteiger charge is 2.62. The summed E-state index contributed by atoms with van der Waals surface area (Å²) in [6, 6.07) is -12.8. The number of carbonyl (C=O) groups is 7. The topological polar surface area (TPSA) is 885 Å². The van der Waals surface area contributed by atoms with Crippen LogP contribution in [0, 0.1) is 0 Å². The molecular weight excluding hydrogens is 1800 g/mol. The van der Waals surface area contributed by atoms with E-state index in [0.29, 0.717) is 0 Å². The van der Waals surface area contributed by atoms with Gasteiger partial charge in [0.15, 0.2) is 62.9 Å². The van der Waals surface area contributed by atoms with Crippen molar-refractivity contribution in [2.24, 2.45) is 0 Å². The van der Waals surface area contributed by atoms with E-state index in [4.69, 9.17) is 90.0 Å². The SMILES string of the molecule is CC(=O)N[C@@H]1[C@@H](O)[C@H](O[C@@H]2O[C@H](CO)[C@@H](O[C@@H]3O[C@H](CO[C@H]4O[C@H](CO[C@@H]5O[C@H](CO)[C@@H](O[C@@H]6O[C@H](CO)[C@H](O)[C@H](O)[C@H]6NC(C)=O)[C@H](O)[C@H]5NC(C)=O)[C@@H](O)[C@H](O)[C@@H]4O[C@@H]4O[C@H](CO)[C@@H](O)[C@H](O)[C@H]4NC(C)=O)[C@@H](O)[C@H](O[C@H]4O[C@H](CO)[C@@H](O)[C@H](O)[C@@H]4O[C@@H]4O[C@H](CO)[C@@H](O[C@@H]5O[C@H](CO)[C@H](O)[C@H](O)[C@H]5NC(C)=O)[C@H](O)[C@H]4NC(C)=O)[C@@H]3O)[C@H](O)[C@H]2NC(C)=O)[C@@H](CO)O[C@H]1O. The van der Waals surface area contributed by atoms with E-state index in [1.54, 1.807) is 0 Å². The third kappa shape index (κ3) is 24.9. The molecule has 0 saturated carbocycles. The maximum absolute atomic E-state index is 13.2. The maximum Gasteiger partial charge on any atom is 0.217 e. The highest BCUT2D eigenvalue weighted by atomic mass is 16.8. The van der Waals surface area contributed by atoms with Crippen LogP contribution in [-0.4, -0.2) is 542 Å². The van der Waals surface area contributed by atoms with Gasteiger partial charge < -0.3 is 255 Å². The van der Waals surface area contributed by atoms with E-state index in [-0.39, 0.29) is 0 Å². The Balaban J connectivity index is 1.02. The Labute approximate surface area is 748 Å². The average molecular weight is 1930 g/mol. The summed E-state index contributed by atoms with van der Waals surface area (Å²) >= 11 is 0. The molecule has 10 saturated heterocycles. The summed E-state index contributed by atoms with van der Waals surface area (Å²) in [5, 5.41) is 300. The number of ether oxygens (including phenoxy) is 19. The number of aliphatic hydroxyl groups excluding tert-OH is 25. The molecular formula is C74H123N7O51. The van der Waals surface area contributed by atoms with Crippen molar-refractivity contribution in [3.63, 3.8) is 0 Å². The molecule has 32 N–H and O–H groups in total. The molecule has 10 heterocycles. The van der Waals surface area contributed by atoms with Crippen molar-refractivity contribution in [1.29, 1.82) is 0 Å². The van der Waals surface area contributed by atoms with E-state index in [1.807, 2.05) is 0 Å². The van der Waals surface area contributed by atoms with Crippen molar-refractivity contribution in [2.45, 2.75) is 355 Å². The van der Waals surface area contributed by atoms with Gasteiger partial charge >= 0.3 is 0 Å². The lowest BCUT2D eigenvalue weighted by Gasteiger charge is -2.51. The largest absolute Gasteiger partial charge is 0.394 e. The van der Waals surface area contributed by atoms with E-state index in [2.05, 4.69) is 37.2 Å². The predicted octanol–water partition coefficient (Wildman–Crippen LogP) is -21.8. The van der Waals surface area contributed by atoms with E-state index in [1.165, 1.54) is 0 Å². The second kappa shape index (κ2) is 47.9. The van der Waals surface area contributed by atoms with Gasteiger partial charge in [-0.15, -0.1) is 0 Å². The third-order valence-corrected chi connectivity index (χ3v) is 23.7. The third-order valence-electron chi connectivity index (χ3n) is 23.7. The van der Waals surface area contributed by atoms with Crippen molar-refractivity contribution in [1.82, 2.24) is 37.2 Å². The summed E-state index contributed by atoms with van der Waals surface area (Å²) in [5.74, 6) is -6.25. The molecule has 10 aliphatic heterocycles.